The van der Waals surface area contributed by atoms with E-state index in [0.29, 0.717) is 23.7 Å². The Morgan fingerprint density at radius 2 is 1.84 bits per heavy atom. The molecular formula is C22H26N4O5. The minimum absolute atomic E-state index is 0.00773. The maximum absolute atomic E-state index is 12.1. The highest BCUT2D eigenvalue weighted by molar-refractivity contribution is 5.96. The molecule has 1 N–H and O–H groups in total. The van der Waals surface area contributed by atoms with Crippen LogP contribution in [0.1, 0.15) is 38.2 Å². The van der Waals surface area contributed by atoms with E-state index >= 15 is 0 Å². The molecule has 0 saturated carbocycles. The van der Waals surface area contributed by atoms with Gasteiger partial charge in [0.25, 0.3) is 0 Å². The van der Waals surface area contributed by atoms with E-state index in [1.54, 1.807) is 36.7 Å². The van der Waals surface area contributed by atoms with Crippen molar-refractivity contribution in [1.29, 1.82) is 0 Å². The van der Waals surface area contributed by atoms with Gasteiger partial charge in [-0.05, 0) is 45.9 Å². The van der Waals surface area contributed by atoms with E-state index in [-0.39, 0.29) is 24.5 Å². The van der Waals surface area contributed by atoms with Gasteiger partial charge in [0.15, 0.2) is 0 Å². The smallest absolute Gasteiger partial charge is 0.354 e. The summed E-state index contributed by atoms with van der Waals surface area (Å²) in [5.41, 5.74) is 1.31. The van der Waals surface area contributed by atoms with E-state index in [9.17, 15) is 9.59 Å². The fourth-order valence-corrected chi connectivity index (χ4v) is 2.89. The Bertz CT molecular complexity index is 1080. The highest BCUT2D eigenvalue weighted by Gasteiger charge is 2.16. The summed E-state index contributed by atoms with van der Waals surface area (Å²) in [6.45, 7) is 7.52. The van der Waals surface area contributed by atoms with Crippen molar-refractivity contribution in [3.63, 3.8) is 0 Å². The van der Waals surface area contributed by atoms with E-state index in [2.05, 4.69) is 15.3 Å². The summed E-state index contributed by atoms with van der Waals surface area (Å²) in [7, 11) is 1.79. The first kappa shape index (κ1) is 22.1. The maximum atomic E-state index is 12.1. The maximum Gasteiger partial charge on any atom is 0.354 e. The summed E-state index contributed by atoms with van der Waals surface area (Å²) in [4.78, 5) is 32.2. The fraction of sp³-hybridized carbons (Fsp3) is 0.364. The third-order valence-electron chi connectivity index (χ3n) is 4.20. The zero-order valence-corrected chi connectivity index (χ0v) is 18.3. The number of benzene rings is 1. The summed E-state index contributed by atoms with van der Waals surface area (Å²) < 4.78 is 17.8. The number of fused-ring (bicyclic) bond motifs is 1. The van der Waals surface area contributed by atoms with Crippen LogP contribution in [0.5, 0.6) is 11.8 Å². The van der Waals surface area contributed by atoms with Crippen LogP contribution in [0.4, 0.5) is 5.69 Å². The van der Waals surface area contributed by atoms with Crippen LogP contribution in [0.3, 0.4) is 0 Å². The molecule has 3 aromatic rings. The largest absolute Gasteiger partial charge is 0.461 e. The molecule has 1 aromatic carbocycles. The van der Waals surface area contributed by atoms with Gasteiger partial charge in [0, 0.05) is 18.5 Å². The number of ether oxygens (including phenoxy) is 3. The molecule has 164 valence electrons. The number of esters is 2. The Balaban J connectivity index is 1.66. The third kappa shape index (κ3) is 5.71. The predicted octanol–water partition coefficient (Wildman–Crippen LogP) is 3.69. The quantitative estimate of drug-likeness (QED) is 0.571. The van der Waals surface area contributed by atoms with Crippen LogP contribution in [-0.4, -0.2) is 45.2 Å². The second kappa shape index (κ2) is 9.03. The SMILES string of the molecule is CCOC(=O)c1cc2ccc(Oc3ncc(NCC(=O)OC(C)(C)C)cn3)cc2n1C. The van der Waals surface area contributed by atoms with Crippen LogP contribution in [0.2, 0.25) is 0 Å². The van der Waals surface area contributed by atoms with Crippen molar-refractivity contribution in [3.05, 3.63) is 42.4 Å². The van der Waals surface area contributed by atoms with Crippen LogP contribution in [0.25, 0.3) is 10.9 Å². The molecule has 0 aliphatic heterocycles. The number of hydrogen-bond donors (Lipinski definition) is 1. The summed E-state index contributed by atoms with van der Waals surface area (Å²) in [6, 6.07) is 7.36. The summed E-state index contributed by atoms with van der Waals surface area (Å²) in [6.07, 6.45) is 3.04. The van der Waals surface area contributed by atoms with Gasteiger partial charge >= 0.3 is 17.9 Å². The summed E-state index contributed by atoms with van der Waals surface area (Å²) in [5.74, 6) is -0.217. The van der Waals surface area contributed by atoms with Crippen LogP contribution in [-0.2, 0) is 21.3 Å². The standard InChI is InChI=1S/C22H26N4O5/c1-6-29-20(28)18-9-14-7-8-16(10-17(14)26(18)5)30-21-24-11-15(12-25-21)23-13-19(27)31-22(2,3)4/h7-12,23H,6,13H2,1-5H3. The van der Waals surface area contributed by atoms with Gasteiger partial charge in [0.2, 0.25) is 0 Å². The minimum Gasteiger partial charge on any atom is -0.461 e. The molecule has 0 aliphatic carbocycles. The van der Waals surface area contributed by atoms with Crippen LogP contribution in [0, 0.1) is 0 Å². The van der Waals surface area contributed by atoms with Crippen LogP contribution in [0.15, 0.2) is 36.7 Å². The molecule has 2 aromatic heterocycles. The van der Waals surface area contributed by atoms with Gasteiger partial charge in [-0.3, -0.25) is 4.79 Å². The van der Waals surface area contributed by atoms with Crippen LogP contribution < -0.4 is 10.1 Å². The van der Waals surface area contributed by atoms with E-state index < -0.39 is 5.60 Å². The third-order valence-corrected chi connectivity index (χ3v) is 4.20. The molecule has 0 bridgehead atoms. The van der Waals surface area contributed by atoms with Gasteiger partial charge in [-0.15, -0.1) is 0 Å². The summed E-state index contributed by atoms with van der Waals surface area (Å²) >= 11 is 0. The predicted molar refractivity (Wildman–Crippen MR) is 115 cm³/mol. The molecule has 9 heteroatoms. The van der Waals surface area contributed by atoms with Crippen molar-refractivity contribution in [2.24, 2.45) is 7.05 Å². The van der Waals surface area contributed by atoms with Crippen molar-refractivity contribution >= 4 is 28.5 Å². The van der Waals surface area contributed by atoms with Gasteiger partial charge in [-0.25, -0.2) is 14.8 Å². The van der Waals surface area contributed by atoms with E-state index in [1.165, 1.54) is 12.4 Å². The van der Waals surface area contributed by atoms with E-state index in [4.69, 9.17) is 14.2 Å². The van der Waals surface area contributed by atoms with Gasteiger partial charge < -0.3 is 24.1 Å². The first-order chi connectivity index (χ1) is 14.7. The fourth-order valence-electron chi connectivity index (χ4n) is 2.89. The molecule has 0 amide bonds. The highest BCUT2D eigenvalue weighted by Crippen LogP contribution is 2.26. The monoisotopic (exact) mass is 426 g/mol. The number of aryl methyl sites for hydroxylation is 1. The van der Waals surface area contributed by atoms with Crippen molar-refractivity contribution in [1.82, 2.24) is 14.5 Å². The molecule has 0 atom stereocenters. The zero-order chi connectivity index (χ0) is 22.6. The number of carbonyl (C=O) groups is 2. The summed E-state index contributed by atoms with van der Waals surface area (Å²) in [5, 5.41) is 3.80. The lowest BCUT2D eigenvalue weighted by atomic mass is 10.2. The Labute approximate surface area is 180 Å². The first-order valence-corrected chi connectivity index (χ1v) is 9.88. The lowest BCUT2D eigenvalue weighted by Crippen LogP contribution is -2.28. The van der Waals surface area contributed by atoms with Gasteiger partial charge in [0.1, 0.15) is 23.6 Å². The molecule has 0 unspecified atom stereocenters. The molecular weight excluding hydrogens is 400 g/mol. The number of hydrogen-bond acceptors (Lipinski definition) is 8. The van der Waals surface area contributed by atoms with Crippen molar-refractivity contribution in [3.8, 4) is 11.8 Å². The number of carbonyl (C=O) groups excluding carboxylic acids is 2. The minimum atomic E-state index is -0.538. The Hall–Kier alpha value is -3.62. The molecule has 0 fully saturated rings. The van der Waals surface area contributed by atoms with Gasteiger partial charge in [-0.1, -0.05) is 0 Å². The van der Waals surface area contributed by atoms with E-state index in [0.717, 1.165) is 10.9 Å². The van der Waals surface area contributed by atoms with E-state index in [1.807, 2.05) is 26.8 Å². The molecule has 2 heterocycles. The average Bonchev–Trinajstić information content (AvgIpc) is 3.03. The second-order valence-corrected chi connectivity index (χ2v) is 7.83. The first-order valence-electron chi connectivity index (χ1n) is 9.88. The lowest BCUT2D eigenvalue weighted by molar-refractivity contribution is -0.152. The lowest BCUT2D eigenvalue weighted by Gasteiger charge is -2.19. The molecule has 0 spiro atoms. The van der Waals surface area contributed by atoms with Crippen molar-refractivity contribution < 1.29 is 23.8 Å². The number of rotatable bonds is 7. The molecule has 0 radical (unpaired) electrons. The number of anilines is 1. The van der Waals surface area contributed by atoms with Crippen LogP contribution >= 0.6 is 0 Å². The Morgan fingerprint density at radius 1 is 1.13 bits per heavy atom. The molecule has 9 nitrogen and oxygen atoms in total. The normalized spacial score (nSPS) is 11.3. The molecule has 3 rings (SSSR count). The zero-order valence-electron chi connectivity index (χ0n) is 18.3. The second-order valence-electron chi connectivity index (χ2n) is 7.83. The topological polar surface area (TPSA) is 105 Å². The Morgan fingerprint density at radius 3 is 2.48 bits per heavy atom. The van der Waals surface area contributed by atoms with Crippen molar-refractivity contribution in [2.45, 2.75) is 33.3 Å². The van der Waals surface area contributed by atoms with Gasteiger partial charge in [-0.2, -0.15) is 0 Å². The number of aromatic nitrogens is 3. The average molecular weight is 426 g/mol. The number of nitrogens with zero attached hydrogens (tertiary/aromatic N) is 3. The number of nitrogens with one attached hydrogen (secondary N) is 1. The van der Waals surface area contributed by atoms with Crippen molar-refractivity contribution in [2.75, 3.05) is 18.5 Å². The Kier molecular flexibility index (Phi) is 6.43. The highest BCUT2D eigenvalue weighted by atomic mass is 16.6. The molecule has 31 heavy (non-hydrogen) atoms. The molecule has 0 aliphatic rings. The van der Waals surface area contributed by atoms with Gasteiger partial charge in [0.05, 0.1) is 30.2 Å². The molecule has 0 saturated heterocycles.